The van der Waals surface area contributed by atoms with Crippen LogP contribution in [0.5, 0.6) is 0 Å². The molecule has 4 nitrogen and oxygen atoms in total. The van der Waals surface area contributed by atoms with Gasteiger partial charge in [-0.15, -0.1) is 24.8 Å². The molecule has 1 aliphatic carbocycles. The third-order valence-electron chi connectivity index (χ3n) is 5.50. The van der Waals surface area contributed by atoms with E-state index in [1.165, 1.54) is 24.8 Å². The van der Waals surface area contributed by atoms with Gasteiger partial charge < -0.3 is 10.2 Å². The van der Waals surface area contributed by atoms with Crippen LogP contribution in [0.15, 0.2) is 18.3 Å². The normalized spacial score (nSPS) is 22.3. The predicted molar refractivity (Wildman–Crippen MR) is 95.8 cm³/mol. The molecule has 2 saturated heterocycles. The average Bonchev–Trinajstić information content (AvgIpc) is 3.29. The Morgan fingerprint density at radius 2 is 1.91 bits per heavy atom. The van der Waals surface area contributed by atoms with E-state index in [-0.39, 0.29) is 30.7 Å². The first-order chi connectivity index (χ1) is 10.3. The lowest BCUT2D eigenvalue weighted by atomic mass is 9.78. The highest BCUT2D eigenvalue weighted by molar-refractivity contribution is 5.92. The fourth-order valence-corrected chi connectivity index (χ4v) is 3.76. The summed E-state index contributed by atoms with van der Waals surface area (Å²) in [7, 11) is 0. The number of likely N-dealkylation sites (tertiary alicyclic amines) is 1. The van der Waals surface area contributed by atoms with Gasteiger partial charge in [0.1, 0.15) is 5.69 Å². The number of nitrogens with zero attached hydrogens (tertiary/aromatic N) is 2. The van der Waals surface area contributed by atoms with Gasteiger partial charge in [0, 0.05) is 25.8 Å². The minimum atomic E-state index is 0. The van der Waals surface area contributed by atoms with Crippen LogP contribution in [0.3, 0.4) is 0 Å². The lowest BCUT2D eigenvalue weighted by molar-refractivity contribution is 0.0602. The first-order valence-electron chi connectivity index (χ1n) is 8.22. The van der Waals surface area contributed by atoms with Crippen LogP contribution in [0.25, 0.3) is 0 Å². The number of piperidine rings is 1. The molecule has 0 atom stereocenters. The van der Waals surface area contributed by atoms with Crippen molar-refractivity contribution < 1.29 is 4.79 Å². The molecule has 1 spiro atoms. The number of hydrogen-bond donors (Lipinski definition) is 1. The minimum Gasteiger partial charge on any atom is -0.337 e. The van der Waals surface area contributed by atoms with E-state index in [4.69, 9.17) is 0 Å². The van der Waals surface area contributed by atoms with Gasteiger partial charge in [-0.25, -0.2) is 0 Å². The summed E-state index contributed by atoms with van der Waals surface area (Å²) < 4.78 is 0. The van der Waals surface area contributed by atoms with Gasteiger partial charge in [0.15, 0.2) is 0 Å². The number of carbonyl (C=O) groups excluding carboxylic acids is 1. The highest BCUT2D eigenvalue weighted by Gasteiger charge is 2.38. The summed E-state index contributed by atoms with van der Waals surface area (Å²) in [6.45, 7) is 4.03. The maximum atomic E-state index is 12.5. The summed E-state index contributed by atoms with van der Waals surface area (Å²) in [4.78, 5) is 18.9. The van der Waals surface area contributed by atoms with E-state index in [1.807, 2.05) is 17.2 Å². The standard InChI is InChI=1S/C17H23N3O.2ClH/c21-16(15-4-3-14(11-19-15)13-1-2-13)20-9-6-17(7-10-20)5-8-18-12-17;;/h3-4,11,13,18H,1-2,5-10,12H2;2*1H. The molecule has 6 heteroatoms. The summed E-state index contributed by atoms with van der Waals surface area (Å²) in [6, 6.07) is 4.00. The van der Waals surface area contributed by atoms with Crippen molar-refractivity contribution in [2.45, 2.75) is 38.0 Å². The highest BCUT2D eigenvalue weighted by atomic mass is 35.5. The number of aromatic nitrogens is 1. The molecule has 0 unspecified atom stereocenters. The molecule has 3 aliphatic rings. The molecule has 0 aromatic carbocycles. The Morgan fingerprint density at radius 3 is 2.43 bits per heavy atom. The SMILES string of the molecule is Cl.Cl.O=C(c1ccc(C2CC2)cn1)N1CCC2(CCNC2)CC1. The molecule has 2 aliphatic heterocycles. The fraction of sp³-hybridized carbons (Fsp3) is 0.647. The van der Waals surface area contributed by atoms with Crippen LogP contribution < -0.4 is 5.32 Å². The van der Waals surface area contributed by atoms with Crippen LogP contribution in [0.4, 0.5) is 0 Å². The van der Waals surface area contributed by atoms with E-state index in [1.54, 1.807) is 0 Å². The van der Waals surface area contributed by atoms with Gasteiger partial charge in [-0.2, -0.15) is 0 Å². The van der Waals surface area contributed by atoms with E-state index in [0.717, 1.165) is 39.0 Å². The van der Waals surface area contributed by atoms with E-state index in [0.29, 0.717) is 17.0 Å². The topological polar surface area (TPSA) is 45.2 Å². The Labute approximate surface area is 150 Å². The van der Waals surface area contributed by atoms with Crippen molar-refractivity contribution >= 4 is 30.7 Å². The van der Waals surface area contributed by atoms with Gasteiger partial charge in [0.25, 0.3) is 5.91 Å². The lowest BCUT2D eigenvalue weighted by Gasteiger charge is -2.38. The monoisotopic (exact) mass is 357 g/mol. The number of carbonyl (C=O) groups is 1. The van der Waals surface area contributed by atoms with Crippen molar-refractivity contribution in [2.75, 3.05) is 26.2 Å². The van der Waals surface area contributed by atoms with Gasteiger partial charge in [0.05, 0.1) is 0 Å². The molecule has 0 radical (unpaired) electrons. The molecule has 1 aromatic heterocycles. The lowest BCUT2D eigenvalue weighted by Crippen LogP contribution is -2.44. The summed E-state index contributed by atoms with van der Waals surface area (Å²) in [6.07, 6.45) is 7.98. The van der Waals surface area contributed by atoms with Crippen LogP contribution in [-0.4, -0.2) is 42.0 Å². The van der Waals surface area contributed by atoms with Crippen LogP contribution >= 0.6 is 24.8 Å². The van der Waals surface area contributed by atoms with Crippen LogP contribution in [0.2, 0.25) is 0 Å². The Balaban J connectivity index is 0.000000960. The molecular formula is C17H25Cl2N3O. The van der Waals surface area contributed by atoms with Crippen molar-refractivity contribution in [3.05, 3.63) is 29.6 Å². The highest BCUT2D eigenvalue weighted by Crippen LogP contribution is 2.40. The van der Waals surface area contributed by atoms with Gasteiger partial charge in [-0.1, -0.05) is 6.07 Å². The third kappa shape index (κ3) is 3.81. The second kappa shape index (κ2) is 7.37. The van der Waals surface area contributed by atoms with Crippen molar-refractivity contribution in [3.8, 4) is 0 Å². The van der Waals surface area contributed by atoms with Crippen molar-refractivity contribution in [1.82, 2.24) is 15.2 Å². The molecule has 1 amide bonds. The molecule has 1 aromatic rings. The molecular weight excluding hydrogens is 333 g/mol. The van der Waals surface area contributed by atoms with Gasteiger partial charge >= 0.3 is 0 Å². The van der Waals surface area contributed by atoms with Crippen molar-refractivity contribution in [2.24, 2.45) is 5.41 Å². The zero-order valence-electron chi connectivity index (χ0n) is 13.3. The first kappa shape index (κ1) is 18.5. The number of rotatable bonds is 2. The second-order valence-electron chi connectivity index (χ2n) is 6.97. The summed E-state index contributed by atoms with van der Waals surface area (Å²) in [5, 5.41) is 3.47. The summed E-state index contributed by atoms with van der Waals surface area (Å²) in [5.41, 5.74) is 2.36. The van der Waals surface area contributed by atoms with Crippen molar-refractivity contribution in [1.29, 1.82) is 0 Å². The zero-order valence-corrected chi connectivity index (χ0v) is 14.9. The molecule has 4 rings (SSSR count). The van der Waals surface area contributed by atoms with Crippen LogP contribution in [0.1, 0.15) is 54.1 Å². The summed E-state index contributed by atoms with van der Waals surface area (Å²) in [5.74, 6) is 0.810. The molecule has 1 saturated carbocycles. The Hall–Kier alpha value is -0.840. The predicted octanol–water partition coefficient (Wildman–Crippen LogP) is 3.02. The third-order valence-corrected chi connectivity index (χ3v) is 5.50. The zero-order chi connectivity index (χ0) is 14.3. The quantitative estimate of drug-likeness (QED) is 0.884. The number of halogens is 2. The first-order valence-corrected chi connectivity index (χ1v) is 8.22. The fourth-order valence-electron chi connectivity index (χ4n) is 3.76. The van der Waals surface area contributed by atoms with Gasteiger partial charge in [0.2, 0.25) is 0 Å². The average molecular weight is 358 g/mol. The largest absolute Gasteiger partial charge is 0.337 e. The summed E-state index contributed by atoms with van der Waals surface area (Å²) >= 11 is 0. The number of amides is 1. The van der Waals surface area contributed by atoms with E-state index in [9.17, 15) is 4.79 Å². The molecule has 23 heavy (non-hydrogen) atoms. The Bertz CT molecular complexity index is 529. The Morgan fingerprint density at radius 1 is 1.17 bits per heavy atom. The van der Waals surface area contributed by atoms with Crippen LogP contribution in [-0.2, 0) is 0 Å². The van der Waals surface area contributed by atoms with E-state index < -0.39 is 0 Å². The molecule has 3 fully saturated rings. The maximum Gasteiger partial charge on any atom is 0.272 e. The molecule has 3 heterocycles. The smallest absolute Gasteiger partial charge is 0.272 e. The number of nitrogens with one attached hydrogen (secondary N) is 1. The molecule has 128 valence electrons. The second-order valence-corrected chi connectivity index (χ2v) is 6.97. The molecule has 1 N–H and O–H groups in total. The van der Waals surface area contributed by atoms with Gasteiger partial charge in [-0.05, 0) is 61.6 Å². The van der Waals surface area contributed by atoms with Crippen LogP contribution in [0, 0.1) is 5.41 Å². The van der Waals surface area contributed by atoms with Crippen molar-refractivity contribution in [3.63, 3.8) is 0 Å². The number of pyridine rings is 1. The number of hydrogen-bond acceptors (Lipinski definition) is 3. The van der Waals surface area contributed by atoms with E-state index >= 15 is 0 Å². The van der Waals surface area contributed by atoms with Gasteiger partial charge in [-0.3, -0.25) is 9.78 Å². The Kier molecular flexibility index (Phi) is 5.93. The minimum absolute atomic E-state index is 0. The maximum absolute atomic E-state index is 12.5. The molecule has 0 bridgehead atoms. The van der Waals surface area contributed by atoms with E-state index in [2.05, 4.69) is 16.4 Å².